The van der Waals surface area contributed by atoms with Gasteiger partial charge in [0, 0.05) is 0 Å². The zero-order valence-corrected chi connectivity index (χ0v) is 13.8. The third-order valence-electron chi connectivity index (χ3n) is 5.29. The Morgan fingerprint density at radius 3 is 2.32 bits per heavy atom. The topological polar surface area (TPSA) is 0 Å². The van der Waals surface area contributed by atoms with E-state index in [0.717, 1.165) is 0 Å². The molecule has 2 rings (SSSR count). The summed E-state index contributed by atoms with van der Waals surface area (Å²) in [5, 5.41) is 0. The van der Waals surface area contributed by atoms with E-state index in [1.807, 2.05) is 0 Å². The molecule has 0 atom stereocenters. The standard InChI is InChI=1S/C18H28Si/c1-4-19(5-2,6-3)13-9-10-16-14-17-11-7-8-12-18(17)15-16/h7-8,11-12,14H,4-6,9-10,13,15H2,1-3H3. The van der Waals surface area contributed by atoms with E-state index in [-0.39, 0.29) is 0 Å². The summed E-state index contributed by atoms with van der Waals surface area (Å²) in [6.07, 6.45) is 6.38. The minimum Gasteiger partial charge on any atom is -0.0678 e. The maximum absolute atomic E-state index is 2.43. The number of hydrogen-bond acceptors (Lipinski definition) is 0. The van der Waals surface area contributed by atoms with Crippen LogP contribution in [0.2, 0.25) is 24.2 Å². The van der Waals surface area contributed by atoms with Crippen molar-refractivity contribution < 1.29 is 0 Å². The Morgan fingerprint density at radius 1 is 1.00 bits per heavy atom. The van der Waals surface area contributed by atoms with Gasteiger partial charge >= 0.3 is 0 Å². The normalized spacial score (nSPS) is 14.4. The molecule has 0 spiro atoms. The first-order valence-corrected chi connectivity index (χ1v) is 10.8. The molecule has 1 heteroatoms. The van der Waals surface area contributed by atoms with Crippen LogP contribution in [0.15, 0.2) is 29.8 Å². The van der Waals surface area contributed by atoms with Gasteiger partial charge in [-0.2, -0.15) is 0 Å². The van der Waals surface area contributed by atoms with E-state index in [2.05, 4.69) is 51.1 Å². The van der Waals surface area contributed by atoms with Crippen LogP contribution in [0.5, 0.6) is 0 Å². The molecule has 1 aromatic carbocycles. The van der Waals surface area contributed by atoms with Crippen LogP contribution in [-0.4, -0.2) is 8.07 Å². The molecule has 0 aliphatic heterocycles. The average Bonchev–Trinajstić information content (AvgIpc) is 2.87. The zero-order chi connectivity index (χ0) is 13.7. The minimum absolute atomic E-state index is 0.896. The van der Waals surface area contributed by atoms with Crippen molar-refractivity contribution in [2.24, 2.45) is 0 Å². The maximum atomic E-state index is 2.43. The van der Waals surface area contributed by atoms with Crippen molar-refractivity contribution in [3.05, 3.63) is 41.0 Å². The molecule has 0 amide bonds. The molecule has 1 aliphatic rings. The van der Waals surface area contributed by atoms with Crippen LogP contribution >= 0.6 is 0 Å². The molecule has 1 aromatic rings. The van der Waals surface area contributed by atoms with Crippen molar-refractivity contribution in [2.45, 2.75) is 64.2 Å². The summed E-state index contributed by atoms with van der Waals surface area (Å²) >= 11 is 0. The summed E-state index contributed by atoms with van der Waals surface area (Å²) in [6.45, 7) is 7.26. The van der Waals surface area contributed by atoms with Crippen molar-refractivity contribution in [3.63, 3.8) is 0 Å². The van der Waals surface area contributed by atoms with Crippen LogP contribution in [0.3, 0.4) is 0 Å². The summed E-state index contributed by atoms with van der Waals surface area (Å²) in [5.41, 5.74) is 4.65. The van der Waals surface area contributed by atoms with Crippen molar-refractivity contribution >= 4 is 14.1 Å². The van der Waals surface area contributed by atoms with Gasteiger partial charge in [-0.25, -0.2) is 0 Å². The minimum atomic E-state index is -0.896. The second-order valence-corrected chi connectivity index (χ2v) is 11.7. The van der Waals surface area contributed by atoms with Crippen LogP contribution in [0.1, 0.15) is 44.7 Å². The molecular formula is C18H28Si. The summed E-state index contributed by atoms with van der Waals surface area (Å²) in [5.74, 6) is 0. The third kappa shape index (κ3) is 3.39. The lowest BCUT2D eigenvalue weighted by Crippen LogP contribution is -2.30. The Morgan fingerprint density at radius 2 is 1.68 bits per heavy atom. The SMILES string of the molecule is CC[Si](CC)(CC)CCCC1=Cc2ccccc2C1. The van der Waals surface area contributed by atoms with Crippen molar-refractivity contribution in [1.29, 1.82) is 0 Å². The summed E-state index contributed by atoms with van der Waals surface area (Å²) in [6, 6.07) is 14.8. The lowest BCUT2D eigenvalue weighted by atomic mass is 10.1. The van der Waals surface area contributed by atoms with E-state index in [9.17, 15) is 0 Å². The summed E-state index contributed by atoms with van der Waals surface area (Å²) in [4.78, 5) is 0. The van der Waals surface area contributed by atoms with Crippen molar-refractivity contribution in [1.82, 2.24) is 0 Å². The predicted octanol–water partition coefficient (Wildman–Crippen LogP) is 5.91. The highest BCUT2D eigenvalue weighted by Crippen LogP contribution is 2.31. The summed E-state index contributed by atoms with van der Waals surface area (Å²) < 4.78 is 0. The number of rotatable bonds is 7. The second kappa shape index (κ2) is 6.56. The fourth-order valence-electron chi connectivity index (χ4n) is 3.48. The molecule has 104 valence electrons. The molecule has 0 unspecified atom stereocenters. The fourth-order valence-corrected chi connectivity index (χ4v) is 6.97. The predicted molar refractivity (Wildman–Crippen MR) is 89.4 cm³/mol. The van der Waals surface area contributed by atoms with Gasteiger partial charge in [0.1, 0.15) is 0 Å². The molecular weight excluding hydrogens is 244 g/mol. The molecule has 0 bridgehead atoms. The van der Waals surface area contributed by atoms with Gasteiger partial charge in [-0.3, -0.25) is 0 Å². The Bertz CT molecular complexity index is 432. The van der Waals surface area contributed by atoms with Gasteiger partial charge in [0.2, 0.25) is 0 Å². The van der Waals surface area contributed by atoms with Gasteiger partial charge in [-0.15, -0.1) is 0 Å². The monoisotopic (exact) mass is 272 g/mol. The molecule has 19 heavy (non-hydrogen) atoms. The maximum Gasteiger partial charge on any atom is 0.0527 e. The van der Waals surface area contributed by atoms with Crippen LogP contribution in [-0.2, 0) is 6.42 Å². The van der Waals surface area contributed by atoms with E-state index in [1.54, 1.807) is 5.57 Å². The van der Waals surface area contributed by atoms with E-state index in [4.69, 9.17) is 0 Å². The van der Waals surface area contributed by atoms with E-state index >= 15 is 0 Å². The number of allylic oxidation sites excluding steroid dienone is 1. The molecule has 0 radical (unpaired) electrons. The van der Waals surface area contributed by atoms with Crippen LogP contribution < -0.4 is 0 Å². The Hall–Kier alpha value is -0.823. The fraction of sp³-hybridized carbons (Fsp3) is 0.556. The molecule has 0 N–H and O–H groups in total. The Kier molecular flexibility index (Phi) is 5.03. The van der Waals surface area contributed by atoms with Gasteiger partial charge in [0.15, 0.2) is 0 Å². The number of hydrogen-bond donors (Lipinski definition) is 0. The van der Waals surface area contributed by atoms with Gasteiger partial charge in [0.25, 0.3) is 0 Å². The lowest BCUT2D eigenvalue weighted by Gasteiger charge is -2.28. The van der Waals surface area contributed by atoms with Crippen LogP contribution in [0, 0.1) is 0 Å². The smallest absolute Gasteiger partial charge is 0.0527 e. The molecule has 0 saturated heterocycles. The van der Waals surface area contributed by atoms with Gasteiger partial charge < -0.3 is 0 Å². The second-order valence-electron chi connectivity index (χ2n) is 6.09. The van der Waals surface area contributed by atoms with E-state index in [0.29, 0.717) is 0 Å². The highest BCUT2D eigenvalue weighted by Gasteiger charge is 2.25. The van der Waals surface area contributed by atoms with E-state index in [1.165, 1.54) is 54.6 Å². The highest BCUT2D eigenvalue weighted by molar-refractivity contribution is 6.79. The molecule has 0 aromatic heterocycles. The molecule has 1 aliphatic carbocycles. The van der Waals surface area contributed by atoms with Gasteiger partial charge in [-0.05, 0) is 24.0 Å². The van der Waals surface area contributed by atoms with Crippen LogP contribution in [0.25, 0.3) is 6.08 Å². The van der Waals surface area contributed by atoms with E-state index < -0.39 is 8.07 Å². The molecule has 0 fully saturated rings. The molecule has 0 saturated carbocycles. The van der Waals surface area contributed by atoms with Gasteiger partial charge in [-0.1, -0.05) is 87.3 Å². The molecule has 0 nitrogen and oxygen atoms in total. The molecule has 0 heterocycles. The first-order valence-electron chi connectivity index (χ1n) is 8.00. The van der Waals surface area contributed by atoms with Gasteiger partial charge in [0.05, 0.1) is 8.07 Å². The third-order valence-corrected chi connectivity index (χ3v) is 11.2. The Balaban J connectivity index is 1.85. The highest BCUT2D eigenvalue weighted by atomic mass is 28.3. The number of fused-ring (bicyclic) bond motifs is 1. The Labute approximate surface area is 119 Å². The van der Waals surface area contributed by atoms with Crippen LogP contribution in [0.4, 0.5) is 0 Å². The number of benzene rings is 1. The average molecular weight is 273 g/mol. The zero-order valence-electron chi connectivity index (χ0n) is 12.8. The summed E-state index contributed by atoms with van der Waals surface area (Å²) in [7, 11) is -0.896. The largest absolute Gasteiger partial charge is 0.0678 e. The van der Waals surface area contributed by atoms with Crippen molar-refractivity contribution in [2.75, 3.05) is 0 Å². The van der Waals surface area contributed by atoms with Crippen molar-refractivity contribution in [3.8, 4) is 0 Å². The quantitative estimate of drug-likeness (QED) is 0.541. The first-order chi connectivity index (χ1) is 9.23. The first kappa shape index (κ1) is 14.6. The lowest BCUT2D eigenvalue weighted by molar-refractivity contribution is 0.856.